The van der Waals surface area contributed by atoms with Gasteiger partial charge in [0.2, 0.25) is 5.97 Å². The molecule has 2 spiro atoms. The molecule has 467 valence electrons. The molecule has 3 radical (unpaired) electrons. The molecule has 10 rings (SSSR count). The molecular weight excluding hydrogens is 1140 g/mol. The van der Waals surface area contributed by atoms with Crippen molar-refractivity contribution in [1.29, 1.82) is 0 Å². The second-order valence-electron chi connectivity index (χ2n) is 22.3. The van der Waals surface area contributed by atoms with Crippen molar-refractivity contribution < 1.29 is 110 Å². The van der Waals surface area contributed by atoms with E-state index < -0.39 is 35.6 Å². The quantitative estimate of drug-likeness (QED) is 0.0607. The van der Waals surface area contributed by atoms with Crippen molar-refractivity contribution in [3.8, 4) is 0 Å². The molecule has 0 aromatic heterocycles. The Bertz CT molecular complexity index is 2660. The zero-order valence-electron chi connectivity index (χ0n) is 50.6. The van der Waals surface area contributed by atoms with Gasteiger partial charge in [0.1, 0.15) is 31.1 Å². The van der Waals surface area contributed by atoms with Crippen LogP contribution in [0, 0.1) is 35.3 Å². The van der Waals surface area contributed by atoms with Crippen molar-refractivity contribution in [2.24, 2.45) is 23.7 Å². The summed E-state index contributed by atoms with van der Waals surface area (Å²) >= 11 is 0. The first-order chi connectivity index (χ1) is 41.5. The van der Waals surface area contributed by atoms with Crippen LogP contribution in [0.2, 0.25) is 0 Å². The van der Waals surface area contributed by atoms with Crippen LogP contribution in [0.3, 0.4) is 0 Å². The van der Waals surface area contributed by atoms with E-state index in [0.29, 0.717) is 51.6 Å². The Morgan fingerprint density at radius 3 is 1.54 bits per heavy atom. The Hall–Kier alpha value is -5.82. The maximum atomic E-state index is 13.3. The van der Waals surface area contributed by atoms with Gasteiger partial charge in [-0.3, -0.25) is 4.79 Å². The van der Waals surface area contributed by atoms with Crippen LogP contribution >= 0.6 is 0 Å². The van der Waals surface area contributed by atoms with E-state index in [-0.39, 0.29) is 84.4 Å². The Labute approximate surface area is 532 Å². The molecule has 2 amide bonds. The fourth-order valence-electron chi connectivity index (χ4n) is 11.4. The summed E-state index contributed by atoms with van der Waals surface area (Å²) in [6, 6.07) is 32.7. The summed E-state index contributed by atoms with van der Waals surface area (Å²) in [7, 11) is 4.32. The van der Waals surface area contributed by atoms with Crippen LogP contribution in [0.5, 0.6) is 0 Å². The first-order valence-corrected chi connectivity index (χ1v) is 29.6. The molecule has 23 heteroatoms. The minimum atomic E-state index is -0.641. The number of halogens is 2. The summed E-state index contributed by atoms with van der Waals surface area (Å²) in [5.41, 5.74) is 4.33. The van der Waals surface area contributed by atoms with E-state index in [9.17, 15) is 37.5 Å². The van der Waals surface area contributed by atoms with Crippen LogP contribution in [0.4, 0.5) is 18.4 Å². The van der Waals surface area contributed by atoms with Gasteiger partial charge in [0.25, 0.3) is 0 Å². The van der Waals surface area contributed by atoms with Gasteiger partial charge in [0.15, 0.2) is 11.6 Å². The van der Waals surface area contributed by atoms with E-state index in [4.69, 9.17) is 28.4 Å². The van der Waals surface area contributed by atoms with Crippen LogP contribution in [0.25, 0.3) is 0 Å². The Kier molecular flexibility index (Phi) is 31.9. The smallest absolute Gasteiger partial charge is 0.793 e. The maximum absolute atomic E-state index is 13.3. The number of ether oxygens (including phenoxy) is 6. The molecule has 4 heterocycles. The molecule has 87 heavy (non-hydrogen) atoms. The molecule has 4 saturated heterocycles. The Balaban J connectivity index is 0.000000230. The number of likely N-dealkylation sites (tertiary alicyclic amines) is 1. The molecule has 4 aliphatic heterocycles. The summed E-state index contributed by atoms with van der Waals surface area (Å²) in [5, 5.41) is 9.34. The number of piperidine rings is 2. The van der Waals surface area contributed by atoms with Crippen LogP contribution in [0.15, 0.2) is 109 Å². The standard InChI is InChI=1S/C29H37FN2O4.C17H21NO5.C12H16FN.C4H6O4.C2H3BO2.Na/c30-26-10-8-22(9-11-26)17-24-7-4-14-32(19-24)20-25-18-29(35-15-16-36-29)13-12-27(25)31-28(33)34-21-23-5-2-1-3-6-23;19-11-14-10-17(22-8-9-23-17)7-6-15(14)18-16(20)21-12-13-4-2-1-3-5-13;13-12-5-3-10(4-6-12)8-11-2-1-7-14-9-11;1-3(5)7-8-4(2)6;1-2(4)5-3;/h1-3,5-6,8-11,24-25,27H,4,7,12-21H2,(H,31,33);1-5,11,14-15H,6-10,12H2,(H,18,20);3-6,11,14H,1-2,7-9H2;1-2H3;1H3;/q;;;;-1;+1/t24-,25-,27+;14-,15+;11-;;;/m000.../s1. The molecule has 4 aromatic carbocycles. The number of hydrogen-bond acceptors (Lipinski definition) is 17. The third-order valence-corrected chi connectivity index (χ3v) is 15.5. The Morgan fingerprint density at radius 2 is 1.08 bits per heavy atom. The van der Waals surface area contributed by atoms with Crippen molar-refractivity contribution in [2.45, 2.75) is 135 Å². The van der Waals surface area contributed by atoms with Gasteiger partial charge in [-0.15, -0.1) is 0 Å². The predicted octanol–water partition coefficient (Wildman–Crippen LogP) is 5.97. The number of rotatable bonds is 13. The van der Waals surface area contributed by atoms with Gasteiger partial charge in [0.05, 0.1) is 26.4 Å². The van der Waals surface area contributed by atoms with Gasteiger partial charge in [-0.2, -0.15) is 0 Å². The third kappa shape index (κ3) is 26.8. The van der Waals surface area contributed by atoms with Crippen molar-refractivity contribution in [2.75, 3.05) is 59.2 Å². The zero-order chi connectivity index (χ0) is 61.6. The second-order valence-corrected chi connectivity index (χ2v) is 22.3. The molecular formula is C64H83BF2N4NaO15. The van der Waals surface area contributed by atoms with Crippen LogP contribution in [-0.2, 0) is 88.1 Å². The number of nitrogens with one attached hydrogen (secondary N) is 3. The van der Waals surface area contributed by atoms with E-state index in [0.717, 1.165) is 108 Å². The van der Waals surface area contributed by atoms with E-state index in [2.05, 4.69) is 43.3 Å². The van der Waals surface area contributed by atoms with Gasteiger partial charge in [-0.25, -0.2) is 37.7 Å². The van der Waals surface area contributed by atoms with E-state index in [1.165, 1.54) is 37.3 Å². The van der Waals surface area contributed by atoms with Crippen molar-refractivity contribution in [3.05, 3.63) is 143 Å². The molecule has 0 unspecified atom stereocenters. The first-order valence-electron chi connectivity index (χ1n) is 29.6. The summed E-state index contributed by atoms with van der Waals surface area (Å²) in [5.74, 6) is -2.07. The number of carbonyl (C=O) groups excluding carboxylic acids is 6. The summed E-state index contributed by atoms with van der Waals surface area (Å²) in [4.78, 5) is 75.3. The van der Waals surface area contributed by atoms with Crippen molar-refractivity contribution in [1.82, 2.24) is 20.9 Å². The number of hydrogen-bond donors (Lipinski definition) is 3. The topological polar surface area (TPSA) is 225 Å². The summed E-state index contributed by atoms with van der Waals surface area (Å²) in [6.45, 7) is 11.6. The molecule has 2 saturated carbocycles. The number of amides is 2. The number of carbonyl (C=O) groups is 6. The monoisotopic (exact) mass is 1220 g/mol. The molecule has 6 atom stereocenters. The van der Waals surface area contributed by atoms with Gasteiger partial charge < -0.3 is 66.8 Å². The SMILES string of the molecule is CC(=O)OOC(C)=O.Fc1ccc(C[C@@H]2CCCNC2)cc1.O=C(N[C@@H]1CCC2(C[C@H]1CN1CCC[C@@H](Cc3ccc(F)cc3)C1)OCCO2)OCc1ccccc1.O=C[C@@H]1CC2(CC[C@H]1NC(=O)OCc1ccccc1)OCCO2.[B-]OC(C)=O.[Na+]. The van der Waals surface area contributed by atoms with Crippen LogP contribution in [-0.4, -0.2) is 132 Å². The third-order valence-electron chi connectivity index (χ3n) is 15.5. The fraction of sp³-hybridized carbons (Fsp3) is 0.531. The van der Waals surface area contributed by atoms with Crippen LogP contribution in [0.1, 0.15) is 107 Å². The van der Waals surface area contributed by atoms with E-state index >= 15 is 0 Å². The summed E-state index contributed by atoms with van der Waals surface area (Å²) < 4.78 is 63.7. The molecule has 2 aliphatic carbocycles. The normalized spacial score (nSPS) is 22.3. The number of alkyl carbamates (subject to hydrolysis) is 2. The fourth-order valence-corrected chi connectivity index (χ4v) is 11.4. The minimum absolute atomic E-state index is 0. The molecule has 4 aromatic rings. The number of nitrogens with zero attached hydrogens (tertiary/aromatic N) is 1. The summed E-state index contributed by atoms with van der Waals surface area (Å²) in [6.07, 6.45) is 11.1. The van der Waals surface area contributed by atoms with Gasteiger partial charge in [0, 0.05) is 77.5 Å². The van der Waals surface area contributed by atoms with Crippen molar-refractivity contribution in [3.63, 3.8) is 0 Å². The number of aldehydes is 1. The largest absolute Gasteiger partial charge is 1.00 e. The maximum Gasteiger partial charge on any atom is 1.00 e. The first kappa shape index (κ1) is 71.9. The predicted molar refractivity (Wildman–Crippen MR) is 313 cm³/mol. The average Bonchev–Trinajstić information content (AvgIpc) is 3.06. The van der Waals surface area contributed by atoms with Crippen LogP contribution < -0.4 is 45.5 Å². The molecule has 6 fully saturated rings. The van der Waals surface area contributed by atoms with E-state index in [1.54, 1.807) is 24.3 Å². The van der Waals surface area contributed by atoms with Crippen molar-refractivity contribution >= 4 is 44.4 Å². The molecule has 6 aliphatic rings. The molecule has 19 nitrogen and oxygen atoms in total. The van der Waals surface area contributed by atoms with Gasteiger partial charge in [-0.05, 0) is 135 Å². The zero-order valence-corrected chi connectivity index (χ0v) is 52.6. The van der Waals surface area contributed by atoms with Gasteiger partial charge >= 0.3 is 53.7 Å². The van der Waals surface area contributed by atoms with Gasteiger partial charge in [-0.1, -0.05) is 84.9 Å². The Morgan fingerprint density at radius 1 is 0.621 bits per heavy atom. The second kappa shape index (κ2) is 38.6. The minimum Gasteiger partial charge on any atom is -0.793 e. The van der Waals surface area contributed by atoms with E-state index in [1.807, 2.05) is 84.9 Å². The molecule has 0 bridgehead atoms. The average molecular weight is 1220 g/mol. The molecule has 3 N–H and O–H groups in total. The number of benzene rings is 4.